The molecule has 3 nitrogen and oxygen atoms in total. The van der Waals surface area contributed by atoms with E-state index in [2.05, 4.69) is 10.6 Å². The Hall–Kier alpha value is -1.13. The molecule has 1 aliphatic rings. The van der Waals surface area contributed by atoms with E-state index in [1.54, 1.807) is 6.07 Å². The number of benzene rings is 1. The number of hydrogen-bond donors (Lipinski definition) is 2. The van der Waals surface area contributed by atoms with Gasteiger partial charge in [0, 0.05) is 12.6 Å². The topological polar surface area (TPSA) is 41.1 Å². The summed E-state index contributed by atoms with van der Waals surface area (Å²) in [5.41, 5.74) is 0.00285. The molecule has 0 aromatic heterocycles. The van der Waals surface area contributed by atoms with Crippen LogP contribution in [0.25, 0.3) is 0 Å². The van der Waals surface area contributed by atoms with Crippen molar-refractivity contribution in [2.24, 2.45) is 0 Å². The molecule has 0 bridgehead atoms. The lowest BCUT2D eigenvalue weighted by Gasteiger charge is -2.23. The highest BCUT2D eigenvalue weighted by Crippen LogP contribution is 2.18. The van der Waals surface area contributed by atoms with Crippen LogP contribution in [0.1, 0.15) is 23.2 Å². The molecule has 1 saturated heterocycles. The van der Waals surface area contributed by atoms with E-state index in [9.17, 15) is 9.18 Å². The number of hydrogen-bond acceptors (Lipinski definition) is 2. The van der Waals surface area contributed by atoms with E-state index in [-0.39, 0.29) is 16.6 Å². The van der Waals surface area contributed by atoms with Gasteiger partial charge >= 0.3 is 0 Å². The minimum Gasteiger partial charge on any atom is -0.348 e. The average Bonchev–Trinajstić information content (AvgIpc) is 2.34. The third-order valence-electron chi connectivity index (χ3n) is 2.83. The molecule has 1 heterocycles. The summed E-state index contributed by atoms with van der Waals surface area (Å²) >= 11 is 5.63. The molecule has 1 amide bonds. The molecule has 1 atom stereocenters. The van der Waals surface area contributed by atoms with Crippen LogP contribution in [0.3, 0.4) is 0 Å². The second kappa shape index (κ2) is 5.47. The zero-order chi connectivity index (χ0) is 12.3. The van der Waals surface area contributed by atoms with E-state index in [0.717, 1.165) is 25.9 Å². The molecule has 5 heteroatoms. The Labute approximate surface area is 104 Å². The van der Waals surface area contributed by atoms with Crippen LogP contribution in [0.4, 0.5) is 4.39 Å². The van der Waals surface area contributed by atoms with Gasteiger partial charge in [-0.3, -0.25) is 4.79 Å². The second-order valence-corrected chi connectivity index (χ2v) is 4.53. The summed E-state index contributed by atoms with van der Waals surface area (Å²) in [6.07, 6.45) is 1.93. The SMILES string of the molecule is O=C(N[C@H]1CCCNC1)c1cccc(Cl)c1F. The van der Waals surface area contributed by atoms with Crippen molar-refractivity contribution in [2.45, 2.75) is 18.9 Å². The lowest BCUT2D eigenvalue weighted by atomic mass is 10.1. The van der Waals surface area contributed by atoms with Gasteiger partial charge in [-0.05, 0) is 31.5 Å². The predicted molar refractivity (Wildman–Crippen MR) is 64.8 cm³/mol. The molecule has 92 valence electrons. The molecule has 0 radical (unpaired) electrons. The van der Waals surface area contributed by atoms with Gasteiger partial charge in [0.25, 0.3) is 5.91 Å². The lowest BCUT2D eigenvalue weighted by Crippen LogP contribution is -2.45. The first kappa shape index (κ1) is 12.3. The largest absolute Gasteiger partial charge is 0.348 e. The molecular weight excluding hydrogens is 243 g/mol. The van der Waals surface area contributed by atoms with Crippen LogP contribution in [0, 0.1) is 5.82 Å². The minimum atomic E-state index is -0.657. The van der Waals surface area contributed by atoms with Gasteiger partial charge < -0.3 is 10.6 Å². The highest BCUT2D eigenvalue weighted by molar-refractivity contribution is 6.31. The first-order valence-corrected chi connectivity index (χ1v) is 6.02. The number of nitrogens with one attached hydrogen (secondary N) is 2. The van der Waals surface area contributed by atoms with Crippen molar-refractivity contribution in [3.63, 3.8) is 0 Å². The number of carbonyl (C=O) groups is 1. The van der Waals surface area contributed by atoms with Crippen molar-refractivity contribution >= 4 is 17.5 Å². The van der Waals surface area contributed by atoms with Gasteiger partial charge in [-0.1, -0.05) is 17.7 Å². The van der Waals surface area contributed by atoms with Crippen molar-refractivity contribution in [2.75, 3.05) is 13.1 Å². The minimum absolute atomic E-state index is 0.00285. The van der Waals surface area contributed by atoms with E-state index in [1.807, 2.05) is 0 Å². The van der Waals surface area contributed by atoms with Crippen molar-refractivity contribution in [3.8, 4) is 0 Å². The van der Waals surface area contributed by atoms with Crippen molar-refractivity contribution in [1.82, 2.24) is 10.6 Å². The van der Waals surface area contributed by atoms with Gasteiger partial charge in [-0.15, -0.1) is 0 Å². The van der Waals surface area contributed by atoms with Crippen molar-refractivity contribution < 1.29 is 9.18 Å². The molecule has 1 aromatic carbocycles. The Morgan fingerprint density at radius 3 is 3.06 bits per heavy atom. The fourth-order valence-electron chi connectivity index (χ4n) is 1.92. The number of rotatable bonds is 2. The summed E-state index contributed by atoms with van der Waals surface area (Å²) in [5.74, 6) is -1.06. The number of piperidine rings is 1. The first-order chi connectivity index (χ1) is 8.18. The van der Waals surface area contributed by atoms with Crippen LogP contribution in [-0.2, 0) is 0 Å². The second-order valence-electron chi connectivity index (χ2n) is 4.12. The molecule has 1 aliphatic heterocycles. The third-order valence-corrected chi connectivity index (χ3v) is 3.12. The van der Waals surface area contributed by atoms with Crippen LogP contribution in [0.2, 0.25) is 5.02 Å². The summed E-state index contributed by atoms with van der Waals surface area (Å²) in [7, 11) is 0. The molecule has 1 aromatic rings. The first-order valence-electron chi connectivity index (χ1n) is 5.64. The maximum atomic E-state index is 13.6. The summed E-state index contributed by atoms with van der Waals surface area (Å²) in [5, 5.41) is 5.96. The molecule has 0 aliphatic carbocycles. The van der Waals surface area contributed by atoms with Crippen LogP contribution < -0.4 is 10.6 Å². The quantitative estimate of drug-likeness (QED) is 0.849. The Morgan fingerprint density at radius 2 is 2.35 bits per heavy atom. The predicted octanol–water partition coefficient (Wildman–Crippen LogP) is 1.96. The number of carbonyl (C=O) groups excluding carboxylic acids is 1. The van der Waals surface area contributed by atoms with E-state index >= 15 is 0 Å². The standard InChI is InChI=1S/C12H14ClFN2O/c13-10-5-1-4-9(11(10)14)12(17)16-8-3-2-6-15-7-8/h1,4-5,8,15H,2-3,6-7H2,(H,16,17)/t8-/m0/s1. The Bertz CT molecular complexity index is 419. The van der Waals surface area contributed by atoms with Gasteiger partial charge in [-0.2, -0.15) is 0 Å². The van der Waals surface area contributed by atoms with E-state index in [0.29, 0.717) is 0 Å². The van der Waals surface area contributed by atoms with Crippen LogP contribution in [0.5, 0.6) is 0 Å². The Kier molecular flexibility index (Phi) is 3.97. The van der Waals surface area contributed by atoms with Crippen LogP contribution >= 0.6 is 11.6 Å². The van der Waals surface area contributed by atoms with Crippen LogP contribution in [0.15, 0.2) is 18.2 Å². The fraction of sp³-hybridized carbons (Fsp3) is 0.417. The molecular formula is C12H14ClFN2O. The fourth-order valence-corrected chi connectivity index (χ4v) is 2.09. The van der Waals surface area contributed by atoms with Crippen molar-refractivity contribution in [1.29, 1.82) is 0 Å². The maximum absolute atomic E-state index is 13.6. The molecule has 2 N–H and O–H groups in total. The molecule has 1 fully saturated rings. The molecule has 0 spiro atoms. The zero-order valence-electron chi connectivity index (χ0n) is 9.30. The van der Waals surface area contributed by atoms with Gasteiger partial charge in [-0.25, -0.2) is 4.39 Å². The zero-order valence-corrected chi connectivity index (χ0v) is 10.1. The summed E-state index contributed by atoms with van der Waals surface area (Å²) < 4.78 is 13.6. The summed E-state index contributed by atoms with van der Waals surface area (Å²) in [4.78, 5) is 11.8. The number of halogens is 2. The summed E-state index contributed by atoms with van der Waals surface area (Å²) in [6.45, 7) is 1.70. The average molecular weight is 257 g/mol. The van der Waals surface area contributed by atoms with Gasteiger partial charge in [0.1, 0.15) is 0 Å². The third kappa shape index (κ3) is 2.96. The van der Waals surface area contributed by atoms with E-state index < -0.39 is 11.7 Å². The van der Waals surface area contributed by atoms with E-state index in [1.165, 1.54) is 12.1 Å². The smallest absolute Gasteiger partial charge is 0.254 e. The Morgan fingerprint density at radius 1 is 1.53 bits per heavy atom. The summed E-state index contributed by atoms with van der Waals surface area (Å²) in [6, 6.07) is 4.50. The molecule has 17 heavy (non-hydrogen) atoms. The van der Waals surface area contributed by atoms with Gasteiger partial charge in [0.05, 0.1) is 10.6 Å². The van der Waals surface area contributed by atoms with E-state index in [4.69, 9.17) is 11.6 Å². The molecule has 0 saturated carbocycles. The van der Waals surface area contributed by atoms with Crippen molar-refractivity contribution in [3.05, 3.63) is 34.6 Å². The Balaban J connectivity index is 2.06. The number of amides is 1. The lowest BCUT2D eigenvalue weighted by molar-refractivity contribution is 0.0926. The monoisotopic (exact) mass is 256 g/mol. The van der Waals surface area contributed by atoms with Gasteiger partial charge in [0.15, 0.2) is 5.82 Å². The highest BCUT2D eigenvalue weighted by atomic mass is 35.5. The van der Waals surface area contributed by atoms with Gasteiger partial charge in [0.2, 0.25) is 0 Å². The maximum Gasteiger partial charge on any atom is 0.254 e. The highest BCUT2D eigenvalue weighted by Gasteiger charge is 2.19. The molecule has 2 rings (SSSR count). The molecule has 0 unspecified atom stereocenters. The van der Waals surface area contributed by atoms with Crippen LogP contribution in [-0.4, -0.2) is 25.0 Å². The normalized spacial score (nSPS) is 20.0.